The average Bonchev–Trinajstić information content (AvgIpc) is 3.36. The van der Waals surface area contributed by atoms with Gasteiger partial charge in [0.25, 0.3) is 0 Å². The maximum Gasteiger partial charge on any atom is 0.238 e. The number of carbonyl (C=O) groups is 3. The number of Topliss-reactive ketones (excluding diaryl/α,β-unsaturated/α-hetero) is 2. The van der Waals surface area contributed by atoms with E-state index >= 15 is 0 Å². The van der Waals surface area contributed by atoms with Crippen molar-refractivity contribution in [2.24, 2.45) is 11.3 Å². The van der Waals surface area contributed by atoms with Crippen molar-refractivity contribution in [1.82, 2.24) is 0 Å². The molecule has 6 rings (SSSR count). The Balaban J connectivity index is 1.71. The van der Waals surface area contributed by atoms with Gasteiger partial charge in [-0.2, -0.15) is 0 Å². The third-order valence-electron chi connectivity index (χ3n) is 8.23. The largest absolute Gasteiger partial charge is 0.352 e. The molecule has 3 aliphatic rings. The van der Waals surface area contributed by atoms with Crippen molar-refractivity contribution in [1.29, 1.82) is 0 Å². The zero-order chi connectivity index (χ0) is 26.1. The van der Waals surface area contributed by atoms with Gasteiger partial charge >= 0.3 is 0 Å². The number of nitrogens with zero attached hydrogens (tertiary/aromatic N) is 1. The van der Waals surface area contributed by atoms with Crippen LogP contribution in [-0.2, 0) is 15.0 Å². The molecule has 4 atom stereocenters. The molecule has 3 aliphatic heterocycles. The molecule has 186 valence electrons. The molecule has 0 bridgehead atoms. The third kappa shape index (κ3) is 3.13. The summed E-state index contributed by atoms with van der Waals surface area (Å²) >= 11 is 0. The first kappa shape index (κ1) is 23.4. The first-order valence-corrected chi connectivity index (χ1v) is 12.8. The summed E-state index contributed by atoms with van der Waals surface area (Å²) in [5.74, 6) is -1.38. The second kappa shape index (κ2) is 8.01. The summed E-state index contributed by atoms with van der Waals surface area (Å²) in [5.41, 5.74) is 2.92. The normalized spacial score (nSPS) is 25.7. The molecule has 3 aromatic rings. The molecular formula is C32H30N2O3. The van der Waals surface area contributed by atoms with Crippen molar-refractivity contribution >= 4 is 34.4 Å². The maximum absolute atomic E-state index is 14.6. The van der Waals surface area contributed by atoms with E-state index in [9.17, 15) is 14.4 Å². The number of benzene rings is 3. The summed E-state index contributed by atoms with van der Waals surface area (Å²) in [7, 11) is 0. The minimum Gasteiger partial charge on any atom is -0.352 e. The zero-order valence-corrected chi connectivity index (χ0v) is 21.5. The Labute approximate surface area is 217 Å². The molecule has 0 aliphatic carbocycles. The van der Waals surface area contributed by atoms with Crippen LogP contribution in [0.1, 0.15) is 49.2 Å². The van der Waals surface area contributed by atoms with Gasteiger partial charge in [-0.15, -0.1) is 0 Å². The monoisotopic (exact) mass is 490 g/mol. The van der Waals surface area contributed by atoms with Gasteiger partial charge in [-0.3, -0.25) is 14.4 Å². The molecule has 4 unspecified atom stereocenters. The van der Waals surface area contributed by atoms with Crippen LogP contribution in [-0.4, -0.2) is 29.6 Å². The standard InChI is InChI=1S/C32H30N2O3/c1-19-18-25-32(22-15-9-10-16-23(22)33-30(32)37)26(28(35)20-12-6-5-7-13-20)27(29(36)31(2,3)4)34(25)24-17-11-8-14-21(19)24/h5-18,25-27H,1-4H3,(H,33,37). The Kier molecular flexibility index (Phi) is 5.07. The summed E-state index contributed by atoms with van der Waals surface area (Å²) in [6.07, 6.45) is 2.09. The van der Waals surface area contributed by atoms with Gasteiger partial charge in [-0.1, -0.05) is 93.6 Å². The molecule has 5 nitrogen and oxygen atoms in total. The molecule has 3 aromatic carbocycles. The molecule has 1 fully saturated rings. The Morgan fingerprint density at radius 3 is 2.27 bits per heavy atom. The molecule has 1 saturated heterocycles. The first-order chi connectivity index (χ1) is 17.7. The lowest BCUT2D eigenvalue weighted by Gasteiger charge is -2.39. The van der Waals surface area contributed by atoms with E-state index in [1.54, 1.807) is 12.1 Å². The Morgan fingerprint density at radius 2 is 1.54 bits per heavy atom. The second-order valence-corrected chi connectivity index (χ2v) is 11.4. The Morgan fingerprint density at radius 1 is 0.892 bits per heavy atom. The number of allylic oxidation sites excluding steroid dienone is 1. The number of rotatable bonds is 3. The SMILES string of the molecule is CC1=CC2N(c3ccccc31)C(C(=O)C(C)(C)C)C(C(=O)c1ccccc1)C21C(=O)Nc2ccccc21. The van der Waals surface area contributed by atoms with Gasteiger partial charge in [-0.25, -0.2) is 0 Å². The van der Waals surface area contributed by atoms with E-state index in [0.29, 0.717) is 11.3 Å². The van der Waals surface area contributed by atoms with Crippen LogP contribution in [0.4, 0.5) is 11.4 Å². The number of para-hydroxylation sites is 2. The van der Waals surface area contributed by atoms with Crippen LogP contribution < -0.4 is 10.2 Å². The fourth-order valence-corrected chi connectivity index (χ4v) is 6.61. The maximum atomic E-state index is 14.6. The van der Waals surface area contributed by atoms with Gasteiger partial charge in [0.2, 0.25) is 5.91 Å². The van der Waals surface area contributed by atoms with Crippen molar-refractivity contribution in [2.75, 3.05) is 10.2 Å². The fraction of sp³-hybridized carbons (Fsp3) is 0.281. The highest BCUT2D eigenvalue weighted by molar-refractivity contribution is 6.17. The lowest BCUT2D eigenvalue weighted by atomic mass is 9.63. The van der Waals surface area contributed by atoms with E-state index in [0.717, 1.165) is 22.4 Å². The quantitative estimate of drug-likeness (QED) is 0.481. The number of ketones is 2. The molecule has 5 heteroatoms. The Bertz CT molecular complexity index is 1480. The second-order valence-electron chi connectivity index (χ2n) is 11.4. The highest BCUT2D eigenvalue weighted by atomic mass is 16.2. The van der Waals surface area contributed by atoms with E-state index in [1.165, 1.54) is 0 Å². The highest BCUT2D eigenvalue weighted by Crippen LogP contribution is 2.59. The van der Waals surface area contributed by atoms with Gasteiger partial charge in [-0.05, 0) is 30.2 Å². The molecule has 1 spiro atoms. The molecule has 1 amide bonds. The van der Waals surface area contributed by atoms with Crippen molar-refractivity contribution < 1.29 is 14.4 Å². The Hall–Kier alpha value is -3.99. The smallest absolute Gasteiger partial charge is 0.238 e. The van der Waals surface area contributed by atoms with Crippen molar-refractivity contribution in [3.63, 3.8) is 0 Å². The number of fused-ring (bicyclic) bond motifs is 6. The number of hydrogen-bond donors (Lipinski definition) is 1. The van der Waals surface area contributed by atoms with Crippen LogP contribution >= 0.6 is 0 Å². The molecule has 0 aromatic heterocycles. The minimum atomic E-state index is -1.26. The van der Waals surface area contributed by atoms with E-state index in [1.807, 2.05) is 94.4 Å². The van der Waals surface area contributed by atoms with Gasteiger partial charge in [0.1, 0.15) is 11.5 Å². The molecule has 3 heterocycles. The third-order valence-corrected chi connectivity index (χ3v) is 8.23. The summed E-state index contributed by atoms with van der Waals surface area (Å²) in [6, 6.07) is 23.3. The van der Waals surface area contributed by atoms with Crippen LogP contribution in [0.2, 0.25) is 0 Å². The van der Waals surface area contributed by atoms with E-state index < -0.39 is 28.8 Å². The van der Waals surface area contributed by atoms with Crippen LogP contribution in [0.15, 0.2) is 84.9 Å². The van der Waals surface area contributed by atoms with Gasteiger partial charge in [0.05, 0.1) is 12.0 Å². The summed E-state index contributed by atoms with van der Waals surface area (Å²) < 4.78 is 0. The predicted octanol–water partition coefficient (Wildman–Crippen LogP) is 5.67. The predicted molar refractivity (Wildman–Crippen MR) is 146 cm³/mol. The topological polar surface area (TPSA) is 66.5 Å². The van der Waals surface area contributed by atoms with E-state index in [-0.39, 0.29) is 17.5 Å². The number of nitrogens with one attached hydrogen (secondary N) is 1. The summed E-state index contributed by atoms with van der Waals surface area (Å²) in [6.45, 7) is 7.70. The molecule has 0 radical (unpaired) electrons. The van der Waals surface area contributed by atoms with Crippen LogP contribution in [0.25, 0.3) is 5.57 Å². The lowest BCUT2D eigenvalue weighted by molar-refractivity contribution is -0.128. The zero-order valence-electron chi connectivity index (χ0n) is 21.5. The van der Waals surface area contributed by atoms with Gasteiger partial charge < -0.3 is 10.2 Å². The van der Waals surface area contributed by atoms with Gasteiger partial charge in [0, 0.05) is 27.9 Å². The summed E-state index contributed by atoms with van der Waals surface area (Å²) in [5, 5.41) is 3.08. The molecule has 1 N–H and O–H groups in total. The number of amides is 1. The first-order valence-electron chi connectivity index (χ1n) is 12.8. The van der Waals surface area contributed by atoms with Gasteiger partial charge in [0.15, 0.2) is 11.6 Å². The number of anilines is 2. The van der Waals surface area contributed by atoms with Crippen molar-refractivity contribution in [3.05, 3.63) is 102 Å². The molecule has 37 heavy (non-hydrogen) atoms. The highest BCUT2D eigenvalue weighted by Gasteiger charge is 2.71. The van der Waals surface area contributed by atoms with Crippen molar-refractivity contribution in [2.45, 2.75) is 45.2 Å². The lowest BCUT2D eigenvalue weighted by Crippen LogP contribution is -2.51. The average molecular weight is 491 g/mol. The van der Waals surface area contributed by atoms with Crippen molar-refractivity contribution in [3.8, 4) is 0 Å². The molecular weight excluding hydrogens is 460 g/mol. The minimum absolute atomic E-state index is 0.0522. The number of carbonyl (C=O) groups excluding carboxylic acids is 3. The number of hydrogen-bond acceptors (Lipinski definition) is 4. The fourth-order valence-electron chi connectivity index (χ4n) is 6.61. The van der Waals surface area contributed by atoms with E-state index in [2.05, 4.69) is 16.3 Å². The van der Waals surface area contributed by atoms with E-state index in [4.69, 9.17) is 0 Å². The van der Waals surface area contributed by atoms with Crippen LogP contribution in [0.3, 0.4) is 0 Å². The van der Waals surface area contributed by atoms with Crippen LogP contribution in [0.5, 0.6) is 0 Å². The summed E-state index contributed by atoms with van der Waals surface area (Å²) in [4.78, 5) is 45.3. The van der Waals surface area contributed by atoms with Crippen LogP contribution in [0, 0.1) is 11.3 Å². The molecule has 0 saturated carbocycles.